The largest absolute Gasteiger partial charge is 0.495 e. The van der Waals surface area contributed by atoms with Crippen molar-refractivity contribution in [3.05, 3.63) is 107 Å². The number of halogens is 1. The van der Waals surface area contributed by atoms with Crippen molar-refractivity contribution in [3.63, 3.8) is 0 Å². The highest BCUT2D eigenvalue weighted by Crippen LogP contribution is 2.39. The lowest BCUT2D eigenvalue weighted by Gasteiger charge is -2.19. The van der Waals surface area contributed by atoms with Crippen LogP contribution < -0.4 is 24.8 Å². The Morgan fingerprint density at radius 3 is 2.20 bits per heavy atom. The van der Waals surface area contributed by atoms with Gasteiger partial charge in [0.15, 0.2) is 11.5 Å². The molecule has 7 nitrogen and oxygen atoms in total. The van der Waals surface area contributed by atoms with Gasteiger partial charge in [0.05, 0.1) is 27.0 Å². The molecule has 0 bridgehead atoms. The molecule has 2 amide bonds. The molecule has 0 aliphatic heterocycles. The van der Waals surface area contributed by atoms with E-state index < -0.39 is 5.25 Å². The first kappa shape index (κ1) is 28.9. The number of rotatable bonds is 10. The van der Waals surface area contributed by atoms with Crippen LogP contribution in [0.5, 0.6) is 17.2 Å². The molecule has 9 heteroatoms. The van der Waals surface area contributed by atoms with Gasteiger partial charge in [-0.25, -0.2) is 0 Å². The van der Waals surface area contributed by atoms with Crippen LogP contribution in [0.2, 0.25) is 5.02 Å². The first-order valence-electron chi connectivity index (χ1n) is 12.3. The van der Waals surface area contributed by atoms with E-state index in [9.17, 15) is 9.59 Å². The third-order valence-electron chi connectivity index (χ3n) is 6.07. The van der Waals surface area contributed by atoms with Gasteiger partial charge in [-0.1, -0.05) is 48.0 Å². The predicted molar refractivity (Wildman–Crippen MR) is 160 cm³/mol. The van der Waals surface area contributed by atoms with Crippen molar-refractivity contribution in [2.24, 2.45) is 0 Å². The fourth-order valence-electron chi connectivity index (χ4n) is 3.99. The molecule has 4 aromatic carbocycles. The van der Waals surface area contributed by atoms with E-state index in [1.54, 1.807) is 36.4 Å². The molecule has 0 spiro atoms. The van der Waals surface area contributed by atoms with E-state index in [0.717, 1.165) is 16.0 Å². The van der Waals surface area contributed by atoms with Gasteiger partial charge in [-0.2, -0.15) is 0 Å². The molecular formula is C31H29ClN2O5S. The normalized spacial score (nSPS) is 11.3. The van der Waals surface area contributed by atoms with Crippen LogP contribution in [0.25, 0.3) is 0 Å². The van der Waals surface area contributed by atoms with Crippen LogP contribution in [0.1, 0.15) is 26.7 Å². The molecule has 0 saturated heterocycles. The monoisotopic (exact) mass is 576 g/mol. The number of aryl methyl sites for hydroxylation is 1. The topological polar surface area (TPSA) is 85.9 Å². The summed E-state index contributed by atoms with van der Waals surface area (Å²) >= 11 is 7.62. The molecular weight excluding hydrogens is 548 g/mol. The summed E-state index contributed by atoms with van der Waals surface area (Å²) in [6.45, 7) is 1.86. The highest BCUT2D eigenvalue weighted by Gasteiger charge is 2.24. The molecule has 4 aromatic rings. The highest BCUT2D eigenvalue weighted by atomic mass is 35.5. The maximum absolute atomic E-state index is 13.6. The Balaban J connectivity index is 1.57. The molecule has 0 aromatic heterocycles. The molecule has 0 saturated carbocycles. The van der Waals surface area contributed by atoms with Crippen LogP contribution in [0, 0.1) is 6.92 Å². The zero-order valence-electron chi connectivity index (χ0n) is 22.5. The maximum Gasteiger partial charge on any atom is 0.255 e. The van der Waals surface area contributed by atoms with Crippen LogP contribution in [0.4, 0.5) is 11.4 Å². The molecule has 0 radical (unpaired) electrons. The minimum atomic E-state index is -0.585. The van der Waals surface area contributed by atoms with Crippen LogP contribution in [-0.2, 0) is 4.79 Å². The fraction of sp³-hybridized carbons (Fsp3) is 0.161. The Kier molecular flexibility index (Phi) is 9.58. The number of amides is 2. The lowest BCUT2D eigenvalue weighted by Crippen LogP contribution is -2.19. The average molecular weight is 577 g/mol. The van der Waals surface area contributed by atoms with Crippen molar-refractivity contribution in [2.75, 3.05) is 32.0 Å². The van der Waals surface area contributed by atoms with Crippen molar-refractivity contribution in [3.8, 4) is 17.2 Å². The average Bonchev–Trinajstić information content (AvgIpc) is 2.97. The summed E-state index contributed by atoms with van der Waals surface area (Å²) in [4.78, 5) is 27.4. The Hall–Kier alpha value is -4.14. The molecule has 0 aliphatic rings. The summed E-state index contributed by atoms with van der Waals surface area (Å²) in [6.07, 6.45) is 0. The Bertz CT molecular complexity index is 1510. The van der Waals surface area contributed by atoms with E-state index in [0.29, 0.717) is 39.2 Å². The molecule has 40 heavy (non-hydrogen) atoms. The minimum Gasteiger partial charge on any atom is -0.495 e. The zero-order valence-corrected chi connectivity index (χ0v) is 24.1. The van der Waals surface area contributed by atoms with E-state index in [1.165, 1.54) is 33.1 Å². The number of methoxy groups -OCH3 is 3. The molecule has 0 heterocycles. The van der Waals surface area contributed by atoms with E-state index in [2.05, 4.69) is 10.6 Å². The van der Waals surface area contributed by atoms with Gasteiger partial charge < -0.3 is 24.8 Å². The van der Waals surface area contributed by atoms with Crippen molar-refractivity contribution in [1.82, 2.24) is 0 Å². The number of carbonyl (C=O) groups is 2. The van der Waals surface area contributed by atoms with Crippen molar-refractivity contribution in [1.29, 1.82) is 0 Å². The van der Waals surface area contributed by atoms with Crippen LogP contribution in [0.15, 0.2) is 89.8 Å². The Morgan fingerprint density at radius 1 is 0.775 bits per heavy atom. The van der Waals surface area contributed by atoms with Crippen LogP contribution >= 0.6 is 23.4 Å². The number of hydrogen-bond donors (Lipinski definition) is 2. The highest BCUT2D eigenvalue weighted by molar-refractivity contribution is 8.00. The summed E-state index contributed by atoms with van der Waals surface area (Å²) < 4.78 is 16.0. The van der Waals surface area contributed by atoms with Gasteiger partial charge in [0.2, 0.25) is 5.91 Å². The number of thioether (sulfide) groups is 1. The second-order valence-corrected chi connectivity index (χ2v) is 10.3. The molecule has 0 fully saturated rings. The summed E-state index contributed by atoms with van der Waals surface area (Å²) in [7, 11) is 4.59. The molecule has 1 unspecified atom stereocenters. The molecule has 1 atom stereocenters. The smallest absolute Gasteiger partial charge is 0.255 e. The number of carbonyl (C=O) groups excluding carboxylic acids is 2. The Labute approximate surface area is 242 Å². The first-order chi connectivity index (χ1) is 19.3. The van der Waals surface area contributed by atoms with Gasteiger partial charge in [0, 0.05) is 27.2 Å². The second-order valence-electron chi connectivity index (χ2n) is 8.75. The molecule has 206 valence electrons. The molecule has 4 rings (SSSR count). The van der Waals surface area contributed by atoms with Gasteiger partial charge in [0.25, 0.3) is 5.91 Å². The lowest BCUT2D eigenvalue weighted by molar-refractivity contribution is -0.115. The van der Waals surface area contributed by atoms with Crippen LogP contribution in [0.3, 0.4) is 0 Å². The first-order valence-corrected chi connectivity index (χ1v) is 13.6. The number of ether oxygens (including phenoxy) is 3. The van der Waals surface area contributed by atoms with Crippen molar-refractivity contribution >= 4 is 46.6 Å². The number of nitrogens with one attached hydrogen (secondary N) is 2. The summed E-state index contributed by atoms with van der Waals surface area (Å²) in [5, 5.41) is 5.89. The zero-order chi connectivity index (χ0) is 28.6. The predicted octanol–water partition coefficient (Wildman–Crippen LogP) is 7.40. The van der Waals surface area contributed by atoms with Gasteiger partial charge >= 0.3 is 0 Å². The van der Waals surface area contributed by atoms with E-state index >= 15 is 0 Å². The molecule has 0 aliphatic carbocycles. The third kappa shape index (κ3) is 6.89. The third-order valence-corrected chi connectivity index (χ3v) is 7.73. The van der Waals surface area contributed by atoms with Gasteiger partial charge in [-0.3, -0.25) is 9.59 Å². The minimum absolute atomic E-state index is 0.226. The quantitative estimate of drug-likeness (QED) is 0.191. The van der Waals surface area contributed by atoms with Gasteiger partial charge in [-0.05, 0) is 60.5 Å². The van der Waals surface area contributed by atoms with E-state index in [-0.39, 0.29) is 11.8 Å². The standard InChI is InChI=1S/C31H29ClN2O5S/c1-19-15-25(27(38-3)18-24(19)32)34-31(36)29(20-9-6-5-7-10-20)40-23-12-8-11-22(17-23)33-30(35)21-13-14-26(37-2)28(16-21)39-4/h5-18,29H,1-4H3,(H,33,35)(H,34,36). The number of hydrogen-bond acceptors (Lipinski definition) is 6. The summed E-state index contributed by atoms with van der Waals surface area (Å²) in [5.41, 5.74) is 3.19. The van der Waals surface area contributed by atoms with Gasteiger partial charge in [-0.15, -0.1) is 11.8 Å². The lowest BCUT2D eigenvalue weighted by atomic mass is 10.1. The Morgan fingerprint density at radius 2 is 1.50 bits per heavy atom. The summed E-state index contributed by atoms with van der Waals surface area (Å²) in [6, 6.07) is 25.3. The number of anilines is 2. The van der Waals surface area contributed by atoms with E-state index in [1.807, 2.05) is 55.5 Å². The van der Waals surface area contributed by atoms with E-state index in [4.69, 9.17) is 25.8 Å². The fourth-order valence-corrected chi connectivity index (χ4v) is 5.23. The van der Waals surface area contributed by atoms with Crippen molar-refractivity contribution < 1.29 is 23.8 Å². The SMILES string of the molecule is COc1cc(Cl)c(C)cc1NC(=O)C(Sc1cccc(NC(=O)c2ccc(OC)c(OC)c2)c1)c1ccccc1. The summed E-state index contributed by atoms with van der Waals surface area (Å²) in [5.74, 6) is 0.944. The van der Waals surface area contributed by atoms with Gasteiger partial charge in [0.1, 0.15) is 11.0 Å². The number of benzene rings is 4. The van der Waals surface area contributed by atoms with Crippen LogP contribution in [-0.4, -0.2) is 33.1 Å². The second kappa shape index (κ2) is 13.3. The molecule has 2 N–H and O–H groups in total. The maximum atomic E-state index is 13.6. The van der Waals surface area contributed by atoms with Crippen molar-refractivity contribution in [2.45, 2.75) is 17.1 Å².